The van der Waals surface area contributed by atoms with Crippen LogP contribution in [0.1, 0.15) is 22.8 Å². The van der Waals surface area contributed by atoms with Crippen LogP contribution < -0.4 is 10.6 Å². The van der Waals surface area contributed by atoms with Crippen molar-refractivity contribution in [1.82, 2.24) is 0 Å². The van der Waals surface area contributed by atoms with Gasteiger partial charge < -0.3 is 10.6 Å². The average molecular weight is 417 g/mol. The highest BCUT2D eigenvalue weighted by atomic mass is 35.5. The molecule has 3 N–H and O–H groups in total. The van der Waals surface area contributed by atoms with E-state index in [1.165, 1.54) is 18.3 Å². The fourth-order valence-electron chi connectivity index (χ4n) is 2.65. The Morgan fingerprint density at radius 2 is 1.75 bits per heavy atom. The predicted molar refractivity (Wildman–Crippen MR) is 111 cm³/mol. The molecule has 0 atom stereocenters. The first-order chi connectivity index (χ1) is 13.5. The molecule has 1 aromatic heterocycles. The molecule has 1 heterocycles. The number of benzene rings is 2. The first kappa shape index (κ1) is 20.0. The number of halogens is 1. The maximum Gasteiger partial charge on any atom is 0.256 e. The van der Waals surface area contributed by atoms with Gasteiger partial charge in [0.15, 0.2) is 0 Å². The highest BCUT2D eigenvalue weighted by Gasteiger charge is 2.17. The van der Waals surface area contributed by atoms with Crippen molar-refractivity contribution in [1.29, 1.82) is 0 Å². The van der Waals surface area contributed by atoms with E-state index >= 15 is 0 Å². The lowest BCUT2D eigenvalue weighted by atomic mass is 10.0. The summed E-state index contributed by atoms with van der Waals surface area (Å²) in [5.41, 5.74) is 3.45. The minimum absolute atomic E-state index is 0.0709. The number of anilines is 2. The highest BCUT2D eigenvalue weighted by Crippen LogP contribution is 2.36. The number of nitrogens with one attached hydrogen (secondary N) is 2. The van der Waals surface area contributed by atoms with Crippen molar-refractivity contribution in [3.63, 3.8) is 0 Å². The molecule has 28 heavy (non-hydrogen) atoms. The van der Waals surface area contributed by atoms with Crippen LogP contribution in [0.15, 0.2) is 53.9 Å². The van der Waals surface area contributed by atoms with Crippen LogP contribution in [0.5, 0.6) is 0 Å². The van der Waals surface area contributed by atoms with Crippen LogP contribution in [0.3, 0.4) is 0 Å². The van der Waals surface area contributed by atoms with Crippen LogP contribution in [-0.4, -0.2) is 17.1 Å². The fourth-order valence-corrected chi connectivity index (χ4v) is 3.75. The molecule has 2 aromatic carbocycles. The second kappa shape index (κ2) is 8.99. The molecular formula is C20H17ClN2O4S. The largest absolute Gasteiger partial charge is 0.326 e. The van der Waals surface area contributed by atoms with Gasteiger partial charge in [-0.25, -0.2) is 4.89 Å². The minimum atomic E-state index is -0.307. The summed E-state index contributed by atoms with van der Waals surface area (Å²) in [6.07, 6.45) is 0. The first-order valence-electron chi connectivity index (χ1n) is 8.29. The number of carbonyl (C=O) groups is 2. The monoisotopic (exact) mass is 416 g/mol. The second-order valence-corrected chi connectivity index (χ2v) is 7.27. The van der Waals surface area contributed by atoms with E-state index in [-0.39, 0.29) is 18.4 Å². The fraction of sp³-hybridized carbons (Fsp3) is 0.100. The van der Waals surface area contributed by atoms with Crippen molar-refractivity contribution >= 4 is 45.4 Å². The Kier molecular flexibility index (Phi) is 6.43. The smallest absolute Gasteiger partial charge is 0.256 e. The predicted octanol–water partition coefficient (Wildman–Crippen LogP) is 5.27. The minimum Gasteiger partial charge on any atom is -0.326 e. The molecule has 144 valence electrons. The van der Waals surface area contributed by atoms with Crippen molar-refractivity contribution in [2.24, 2.45) is 0 Å². The number of hydrogen-bond acceptors (Lipinski definition) is 5. The van der Waals surface area contributed by atoms with Crippen molar-refractivity contribution < 1.29 is 19.7 Å². The van der Waals surface area contributed by atoms with E-state index in [1.807, 2.05) is 17.5 Å². The van der Waals surface area contributed by atoms with E-state index in [4.69, 9.17) is 16.9 Å². The number of hydrogen-bond donors (Lipinski definition) is 3. The van der Waals surface area contributed by atoms with E-state index < -0.39 is 0 Å². The third-order valence-corrected chi connectivity index (χ3v) is 5.14. The van der Waals surface area contributed by atoms with Gasteiger partial charge >= 0.3 is 0 Å². The molecule has 0 saturated heterocycles. The van der Waals surface area contributed by atoms with Gasteiger partial charge in [-0.05, 0) is 42.0 Å². The van der Waals surface area contributed by atoms with Crippen LogP contribution in [0, 0.1) is 0 Å². The van der Waals surface area contributed by atoms with Gasteiger partial charge in [0.2, 0.25) is 5.91 Å². The van der Waals surface area contributed by atoms with Crippen molar-refractivity contribution in [2.45, 2.75) is 13.5 Å². The SMILES string of the molecule is CC(=O)Nc1ccc(C(=O)Nc2scc(-c3ccc(Cl)cc3)c2COO)cc1. The molecule has 2 amide bonds. The van der Waals surface area contributed by atoms with Gasteiger partial charge in [-0.1, -0.05) is 23.7 Å². The molecule has 0 radical (unpaired) electrons. The summed E-state index contributed by atoms with van der Waals surface area (Å²) in [6, 6.07) is 13.8. The number of thiophene rings is 1. The summed E-state index contributed by atoms with van der Waals surface area (Å²) >= 11 is 7.28. The lowest BCUT2D eigenvalue weighted by Gasteiger charge is -2.09. The summed E-state index contributed by atoms with van der Waals surface area (Å²) in [5, 5.41) is 17.5. The molecule has 0 bridgehead atoms. The van der Waals surface area contributed by atoms with Gasteiger partial charge in [0, 0.05) is 39.7 Å². The van der Waals surface area contributed by atoms with Crippen molar-refractivity contribution in [3.8, 4) is 11.1 Å². The molecule has 3 rings (SSSR count). The Labute approximate surface area is 170 Å². The van der Waals surface area contributed by atoms with Gasteiger partial charge in [-0.15, -0.1) is 11.3 Å². The molecule has 0 aliphatic heterocycles. The van der Waals surface area contributed by atoms with E-state index in [9.17, 15) is 9.59 Å². The zero-order valence-corrected chi connectivity index (χ0v) is 16.4. The van der Waals surface area contributed by atoms with E-state index in [1.54, 1.807) is 36.4 Å². The molecule has 6 nitrogen and oxygen atoms in total. The summed E-state index contributed by atoms with van der Waals surface area (Å²) in [6.45, 7) is 1.35. The Morgan fingerprint density at radius 3 is 2.36 bits per heavy atom. The lowest BCUT2D eigenvalue weighted by molar-refractivity contribution is -0.252. The van der Waals surface area contributed by atoms with Crippen LogP contribution >= 0.6 is 22.9 Å². The van der Waals surface area contributed by atoms with Crippen molar-refractivity contribution in [3.05, 3.63) is 70.1 Å². The number of carbonyl (C=O) groups excluding carboxylic acids is 2. The summed E-state index contributed by atoms with van der Waals surface area (Å²) in [4.78, 5) is 28.0. The van der Waals surface area contributed by atoms with Gasteiger partial charge in [0.05, 0.1) is 0 Å². The van der Waals surface area contributed by atoms with E-state index in [0.717, 1.165) is 11.1 Å². The normalized spacial score (nSPS) is 10.5. The number of rotatable bonds is 6. The molecule has 3 aromatic rings. The molecule has 0 unspecified atom stereocenters. The van der Waals surface area contributed by atoms with Gasteiger partial charge in [0.25, 0.3) is 5.91 Å². The quantitative estimate of drug-likeness (QED) is 0.377. The molecule has 8 heteroatoms. The molecule has 0 spiro atoms. The van der Waals surface area contributed by atoms with Crippen LogP contribution in [0.25, 0.3) is 11.1 Å². The Hall–Kier alpha value is -2.71. The van der Waals surface area contributed by atoms with Crippen LogP contribution in [0.2, 0.25) is 5.02 Å². The van der Waals surface area contributed by atoms with Crippen molar-refractivity contribution in [2.75, 3.05) is 10.6 Å². The molecule has 0 aliphatic rings. The maximum absolute atomic E-state index is 12.6. The summed E-state index contributed by atoms with van der Waals surface area (Å²) < 4.78 is 0. The Morgan fingerprint density at radius 1 is 1.07 bits per heavy atom. The third kappa shape index (κ3) is 4.76. The zero-order valence-electron chi connectivity index (χ0n) is 14.9. The molecule has 0 aliphatic carbocycles. The standard InChI is InChI=1S/C20H17ClN2O4S/c1-12(24)22-16-8-4-14(5-9-16)19(25)23-20-17(10-27-26)18(11-28-20)13-2-6-15(21)7-3-13/h2-9,11,26H,10H2,1H3,(H,22,24)(H,23,25). The Bertz CT molecular complexity index is 984. The highest BCUT2D eigenvalue weighted by molar-refractivity contribution is 7.15. The maximum atomic E-state index is 12.6. The molecule has 0 saturated carbocycles. The van der Waals surface area contributed by atoms with Gasteiger partial charge in [-0.3, -0.25) is 14.8 Å². The van der Waals surface area contributed by atoms with Gasteiger partial charge in [0.1, 0.15) is 11.6 Å². The van der Waals surface area contributed by atoms with E-state index in [2.05, 4.69) is 15.5 Å². The van der Waals surface area contributed by atoms with E-state index in [0.29, 0.717) is 26.8 Å². The number of amides is 2. The Balaban J connectivity index is 1.82. The van der Waals surface area contributed by atoms with Crippen LogP contribution in [0.4, 0.5) is 10.7 Å². The summed E-state index contributed by atoms with van der Waals surface area (Å²) in [5.74, 6) is -0.489. The van der Waals surface area contributed by atoms with Gasteiger partial charge in [-0.2, -0.15) is 0 Å². The first-order valence-corrected chi connectivity index (χ1v) is 9.55. The third-order valence-electron chi connectivity index (χ3n) is 3.95. The molecular weight excluding hydrogens is 400 g/mol. The second-order valence-electron chi connectivity index (χ2n) is 5.95. The lowest BCUT2D eigenvalue weighted by Crippen LogP contribution is -2.13. The molecule has 0 fully saturated rings. The zero-order chi connectivity index (χ0) is 20.1. The topological polar surface area (TPSA) is 87.7 Å². The summed E-state index contributed by atoms with van der Waals surface area (Å²) in [7, 11) is 0. The van der Waals surface area contributed by atoms with Crippen LogP contribution in [-0.2, 0) is 16.3 Å². The average Bonchev–Trinajstić information content (AvgIpc) is 3.05.